The van der Waals surface area contributed by atoms with Crippen molar-refractivity contribution < 1.29 is 4.79 Å². The minimum absolute atomic E-state index is 0.0330. The Bertz CT molecular complexity index is 937. The van der Waals surface area contributed by atoms with E-state index in [-0.39, 0.29) is 5.91 Å². The summed E-state index contributed by atoms with van der Waals surface area (Å²) in [7, 11) is 0. The molecule has 0 atom stereocenters. The molecule has 0 saturated carbocycles. The van der Waals surface area contributed by atoms with E-state index in [9.17, 15) is 4.79 Å². The van der Waals surface area contributed by atoms with Gasteiger partial charge in [0.15, 0.2) is 5.16 Å². The smallest absolute Gasteiger partial charge is 0.234 e. The third kappa shape index (κ3) is 5.23. The number of aryl methyl sites for hydroxylation is 2. The molecule has 0 bridgehead atoms. The number of carbonyl (C=O) groups excluding carboxylic acids is 1. The van der Waals surface area contributed by atoms with E-state index in [2.05, 4.69) is 39.1 Å². The lowest BCUT2D eigenvalue weighted by Crippen LogP contribution is -2.15. The number of nitrogens with zero attached hydrogens (tertiary/aromatic N) is 3. The van der Waals surface area contributed by atoms with E-state index < -0.39 is 0 Å². The van der Waals surface area contributed by atoms with Crippen molar-refractivity contribution in [3.05, 3.63) is 71.0 Å². The zero-order chi connectivity index (χ0) is 19.9. The van der Waals surface area contributed by atoms with Gasteiger partial charge in [0, 0.05) is 18.7 Å². The highest BCUT2D eigenvalue weighted by atomic mass is 32.2. The molecule has 1 heterocycles. The van der Waals surface area contributed by atoms with E-state index in [0.29, 0.717) is 5.75 Å². The maximum absolute atomic E-state index is 12.4. The van der Waals surface area contributed by atoms with Crippen LogP contribution >= 0.6 is 11.8 Å². The van der Waals surface area contributed by atoms with Crippen molar-refractivity contribution in [2.45, 2.75) is 45.3 Å². The second kappa shape index (κ2) is 9.55. The average Bonchev–Trinajstić information content (AvgIpc) is 3.06. The van der Waals surface area contributed by atoms with E-state index in [1.807, 2.05) is 50.2 Å². The Morgan fingerprint density at radius 1 is 1.11 bits per heavy atom. The quantitative estimate of drug-likeness (QED) is 0.566. The average molecular weight is 395 g/mol. The van der Waals surface area contributed by atoms with Gasteiger partial charge in [-0.15, -0.1) is 10.2 Å². The van der Waals surface area contributed by atoms with Gasteiger partial charge in [-0.05, 0) is 43.0 Å². The molecule has 0 radical (unpaired) electrons. The fourth-order valence-electron chi connectivity index (χ4n) is 2.97. The SMILES string of the molecule is CCCn1c(Cc2ccccc2)nnc1SCC(=O)Nc1cc(C)ccc1C. The summed E-state index contributed by atoms with van der Waals surface area (Å²) in [6, 6.07) is 16.3. The summed E-state index contributed by atoms with van der Waals surface area (Å²) in [5.41, 5.74) is 4.26. The second-order valence-corrected chi connectivity index (χ2v) is 7.81. The number of anilines is 1. The standard InChI is InChI=1S/C22H26N4OS/c1-4-12-26-20(14-18-8-6-5-7-9-18)24-25-22(26)28-15-21(27)23-19-13-16(2)10-11-17(19)3/h5-11,13H,4,12,14-15H2,1-3H3,(H,23,27). The summed E-state index contributed by atoms with van der Waals surface area (Å²) in [5, 5.41) is 12.5. The van der Waals surface area contributed by atoms with E-state index >= 15 is 0 Å². The molecule has 0 aliphatic rings. The van der Waals surface area contributed by atoms with Gasteiger partial charge in [0.25, 0.3) is 0 Å². The monoisotopic (exact) mass is 394 g/mol. The van der Waals surface area contributed by atoms with Crippen LogP contribution in [0.1, 0.15) is 35.9 Å². The second-order valence-electron chi connectivity index (χ2n) is 6.87. The molecule has 0 fully saturated rings. The van der Waals surface area contributed by atoms with Gasteiger partial charge >= 0.3 is 0 Å². The van der Waals surface area contributed by atoms with Crippen LogP contribution in [0.3, 0.4) is 0 Å². The van der Waals surface area contributed by atoms with Crippen LogP contribution in [-0.4, -0.2) is 26.4 Å². The minimum atomic E-state index is -0.0330. The van der Waals surface area contributed by atoms with Crippen LogP contribution in [-0.2, 0) is 17.8 Å². The Balaban J connectivity index is 1.66. The Hall–Kier alpha value is -2.60. The van der Waals surface area contributed by atoms with Crippen LogP contribution in [0.15, 0.2) is 53.7 Å². The molecule has 28 heavy (non-hydrogen) atoms. The first kappa shape index (κ1) is 20.1. The predicted molar refractivity (Wildman–Crippen MR) is 115 cm³/mol. The number of rotatable bonds is 8. The van der Waals surface area contributed by atoms with Gasteiger partial charge in [-0.25, -0.2) is 0 Å². The number of amides is 1. The van der Waals surface area contributed by atoms with Gasteiger partial charge in [-0.1, -0.05) is 61.2 Å². The molecule has 0 spiro atoms. The van der Waals surface area contributed by atoms with Gasteiger partial charge in [-0.3, -0.25) is 4.79 Å². The van der Waals surface area contributed by atoms with Crippen molar-refractivity contribution in [1.82, 2.24) is 14.8 Å². The lowest BCUT2D eigenvalue weighted by atomic mass is 10.1. The largest absolute Gasteiger partial charge is 0.325 e. The van der Waals surface area contributed by atoms with Crippen molar-refractivity contribution >= 4 is 23.4 Å². The molecule has 1 amide bonds. The van der Waals surface area contributed by atoms with E-state index in [0.717, 1.165) is 47.2 Å². The third-order valence-electron chi connectivity index (χ3n) is 4.45. The molecule has 0 aliphatic carbocycles. The zero-order valence-corrected chi connectivity index (χ0v) is 17.4. The highest BCUT2D eigenvalue weighted by Crippen LogP contribution is 2.21. The van der Waals surface area contributed by atoms with Crippen LogP contribution in [0.5, 0.6) is 0 Å². The fraction of sp³-hybridized carbons (Fsp3) is 0.318. The van der Waals surface area contributed by atoms with Crippen molar-refractivity contribution in [3.63, 3.8) is 0 Å². The lowest BCUT2D eigenvalue weighted by molar-refractivity contribution is -0.113. The number of hydrogen-bond acceptors (Lipinski definition) is 4. The summed E-state index contributed by atoms with van der Waals surface area (Å²) in [5.74, 6) is 1.21. The summed E-state index contributed by atoms with van der Waals surface area (Å²) < 4.78 is 2.13. The van der Waals surface area contributed by atoms with Crippen molar-refractivity contribution in [2.24, 2.45) is 0 Å². The maximum atomic E-state index is 12.4. The fourth-order valence-corrected chi connectivity index (χ4v) is 3.75. The first-order valence-corrected chi connectivity index (χ1v) is 10.5. The van der Waals surface area contributed by atoms with Crippen LogP contribution in [0.4, 0.5) is 5.69 Å². The molecule has 3 aromatic rings. The molecule has 0 saturated heterocycles. The van der Waals surface area contributed by atoms with E-state index in [1.165, 1.54) is 17.3 Å². The van der Waals surface area contributed by atoms with Crippen LogP contribution in [0.25, 0.3) is 0 Å². The molecule has 3 rings (SSSR count). The number of nitrogens with one attached hydrogen (secondary N) is 1. The molecule has 1 N–H and O–H groups in total. The van der Waals surface area contributed by atoms with Gasteiger partial charge in [-0.2, -0.15) is 0 Å². The van der Waals surface area contributed by atoms with Crippen molar-refractivity contribution in [2.75, 3.05) is 11.1 Å². The van der Waals surface area contributed by atoms with Crippen LogP contribution in [0.2, 0.25) is 0 Å². The lowest BCUT2D eigenvalue weighted by Gasteiger charge is -2.10. The van der Waals surface area contributed by atoms with Crippen LogP contribution in [0, 0.1) is 13.8 Å². The molecule has 0 aliphatic heterocycles. The van der Waals surface area contributed by atoms with Crippen LogP contribution < -0.4 is 5.32 Å². The number of benzene rings is 2. The first-order chi connectivity index (χ1) is 13.6. The van der Waals surface area contributed by atoms with E-state index in [4.69, 9.17) is 0 Å². The Labute approximate surface area is 170 Å². The summed E-state index contributed by atoms with van der Waals surface area (Å²) in [6.45, 7) is 6.99. The molecule has 6 heteroatoms. The first-order valence-electron chi connectivity index (χ1n) is 9.52. The third-order valence-corrected chi connectivity index (χ3v) is 5.41. The van der Waals surface area contributed by atoms with E-state index in [1.54, 1.807) is 0 Å². The minimum Gasteiger partial charge on any atom is -0.325 e. The Kier molecular flexibility index (Phi) is 6.87. The topological polar surface area (TPSA) is 59.8 Å². The molecule has 146 valence electrons. The molecule has 2 aromatic carbocycles. The Morgan fingerprint density at radius 3 is 2.64 bits per heavy atom. The maximum Gasteiger partial charge on any atom is 0.234 e. The number of thioether (sulfide) groups is 1. The zero-order valence-electron chi connectivity index (χ0n) is 16.6. The highest BCUT2D eigenvalue weighted by molar-refractivity contribution is 7.99. The van der Waals surface area contributed by atoms with Gasteiger partial charge < -0.3 is 9.88 Å². The molecular weight excluding hydrogens is 368 g/mol. The Morgan fingerprint density at radius 2 is 1.89 bits per heavy atom. The van der Waals surface area contributed by atoms with Gasteiger partial charge in [0.1, 0.15) is 5.82 Å². The molecule has 5 nitrogen and oxygen atoms in total. The molecular formula is C22H26N4OS. The molecule has 0 unspecified atom stereocenters. The number of aromatic nitrogens is 3. The normalized spacial score (nSPS) is 10.8. The molecule has 1 aromatic heterocycles. The number of carbonyl (C=O) groups is 1. The summed E-state index contributed by atoms with van der Waals surface area (Å²) >= 11 is 1.43. The van der Waals surface area contributed by atoms with Crippen molar-refractivity contribution in [1.29, 1.82) is 0 Å². The van der Waals surface area contributed by atoms with Gasteiger partial charge in [0.05, 0.1) is 5.75 Å². The van der Waals surface area contributed by atoms with Gasteiger partial charge in [0.2, 0.25) is 5.91 Å². The highest BCUT2D eigenvalue weighted by Gasteiger charge is 2.14. The summed E-state index contributed by atoms with van der Waals surface area (Å²) in [4.78, 5) is 12.4. The summed E-state index contributed by atoms with van der Waals surface area (Å²) in [6.07, 6.45) is 1.73. The van der Waals surface area contributed by atoms with Crippen molar-refractivity contribution in [3.8, 4) is 0 Å². The number of hydrogen-bond donors (Lipinski definition) is 1. The predicted octanol–water partition coefficient (Wildman–Crippen LogP) is 4.63.